The van der Waals surface area contributed by atoms with Crippen molar-refractivity contribution in [1.82, 2.24) is 20.3 Å². The summed E-state index contributed by atoms with van der Waals surface area (Å²) in [4.78, 5) is 15.9. The van der Waals surface area contributed by atoms with Crippen LogP contribution in [-0.2, 0) is 18.0 Å². The Labute approximate surface area is 226 Å². The number of aromatic nitrogens is 3. The minimum atomic E-state index is -0.601. The van der Waals surface area contributed by atoms with E-state index in [0.717, 1.165) is 42.0 Å². The highest BCUT2D eigenvalue weighted by Gasteiger charge is 2.57. The zero-order valence-electron chi connectivity index (χ0n) is 21.2. The summed E-state index contributed by atoms with van der Waals surface area (Å²) in [5.74, 6) is 0.206. The first-order valence-corrected chi connectivity index (χ1v) is 14.1. The molecule has 198 valence electrons. The quantitative estimate of drug-likeness (QED) is 0.377. The van der Waals surface area contributed by atoms with Gasteiger partial charge in [-0.1, -0.05) is 0 Å². The second-order valence-electron chi connectivity index (χ2n) is 11.4. The average Bonchev–Trinajstić information content (AvgIpc) is 3.59. The number of hydrogen-bond acceptors (Lipinski definition) is 9. The maximum atomic E-state index is 16.6. The summed E-state index contributed by atoms with van der Waals surface area (Å²) in [5, 5.41) is 14.6. The van der Waals surface area contributed by atoms with E-state index in [-0.39, 0.29) is 56.7 Å². The van der Waals surface area contributed by atoms with E-state index in [9.17, 15) is 9.65 Å². The molecule has 5 aliphatic rings. The fourth-order valence-electron chi connectivity index (χ4n) is 7.14. The van der Waals surface area contributed by atoms with Crippen LogP contribution in [0, 0.1) is 28.9 Å². The lowest BCUT2D eigenvalue weighted by Crippen LogP contribution is -2.69. The van der Waals surface area contributed by atoms with Gasteiger partial charge in [0.05, 0.1) is 35.4 Å². The van der Waals surface area contributed by atoms with Crippen molar-refractivity contribution in [2.45, 2.75) is 63.4 Å². The van der Waals surface area contributed by atoms with Crippen LogP contribution in [0.15, 0.2) is 12.4 Å². The standard InChI is InChI=1S/C28H25F2N7OS/c1-12-19(36-28-4-13(5-28)6-28)2-3-37(12)27-34-8-15-16-10-38-11-17(16)20(22(30)23(15)35-27)24-21-14(7-31)26(32)39-25(21)18(29)9-33-24/h8-9,12-13,19,36H,2-6,10-11,32H2,1H3/t12-,13?,19?,28?/m0/s1. The molecule has 8 nitrogen and oxygen atoms in total. The second-order valence-corrected chi connectivity index (χ2v) is 12.5. The molecule has 3 saturated carbocycles. The summed E-state index contributed by atoms with van der Waals surface area (Å²) in [6.45, 7) is 3.40. The molecule has 3 aliphatic carbocycles. The van der Waals surface area contributed by atoms with Crippen LogP contribution in [0.5, 0.6) is 0 Å². The van der Waals surface area contributed by atoms with Crippen molar-refractivity contribution in [2.24, 2.45) is 5.92 Å². The average molecular weight is 546 g/mol. The van der Waals surface area contributed by atoms with E-state index in [1.54, 1.807) is 6.20 Å². The van der Waals surface area contributed by atoms with Gasteiger partial charge in [-0.15, -0.1) is 11.3 Å². The van der Waals surface area contributed by atoms with Crippen LogP contribution in [-0.4, -0.2) is 39.1 Å². The number of pyridine rings is 1. The zero-order valence-corrected chi connectivity index (χ0v) is 22.0. The molecule has 3 N–H and O–H groups in total. The van der Waals surface area contributed by atoms with Crippen molar-refractivity contribution < 1.29 is 13.5 Å². The van der Waals surface area contributed by atoms with Gasteiger partial charge in [-0.25, -0.2) is 18.7 Å². The maximum absolute atomic E-state index is 16.6. The monoisotopic (exact) mass is 545 g/mol. The van der Waals surface area contributed by atoms with Gasteiger partial charge < -0.3 is 20.7 Å². The lowest BCUT2D eigenvalue weighted by Gasteiger charge is -2.63. The Kier molecular flexibility index (Phi) is 4.83. The Morgan fingerprint density at radius 3 is 2.74 bits per heavy atom. The minimum absolute atomic E-state index is 0.0979. The Balaban J connectivity index is 1.27. The zero-order chi connectivity index (χ0) is 26.6. The van der Waals surface area contributed by atoms with Crippen molar-refractivity contribution >= 4 is 43.3 Å². The number of fused-ring (bicyclic) bond motifs is 4. The molecular weight excluding hydrogens is 520 g/mol. The highest BCUT2D eigenvalue weighted by molar-refractivity contribution is 7.23. The maximum Gasteiger partial charge on any atom is 0.226 e. The largest absolute Gasteiger partial charge is 0.389 e. The molecule has 1 unspecified atom stereocenters. The molecule has 1 aromatic carbocycles. The van der Waals surface area contributed by atoms with Gasteiger partial charge in [0.25, 0.3) is 0 Å². The van der Waals surface area contributed by atoms with Crippen LogP contribution >= 0.6 is 11.3 Å². The van der Waals surface area contributed by atoms with Crippen LogP contribution in [0.4, 0.5) is 19.7 Å². The Hall–Kier alpha value is -3.46. The highest BCUT2D eigenvalue weighted by Crippen LogP contribution is 2.57. The van der Waals surface area contributed by atoms with E-state index in [2.05, 4.69) is 27.1 Å². The number of ether oxygens (including phenoxy) is 1. The Bertz CT molecular complexity index is 1750. The molecule has 0 amide bonds. The van der Waals surface area contributed by atoms with E-state index < -0.39 is 11.6 Å². The minimum Gasteiger partial charge on any atom is -0.389 e. The number of nitriles is 1. The van der Waals surface area contributed by atoms with E-state index in [1.807, 2.05) is 6.07 Å². The third kappa shape index (κ3) is 3.16. The first kappa shape index (κ1) is 23.4. The highest BCUT2D eigenvalue weighted by atomic mass is 32.1. The fraction of sp³-hybridized carbons (Fsp3) is 0.429. The number of benzene rings is 1. The smallest absolute Gasteiger partial charge is 0.226 e. The summed E-state index contributed by atoms with van der Waals surface area (Å²) < 4.78 is 37.2. The van der Waals surface area contributed by atoms with Crippen molar-refractivity contribution in [3.63, 3.8) is 0 Å². The van der Waals surface area contributed by atoms with E-state index in [0.29, 0.717) is 28.5 Å². The number of rotatable bonds is 4. The molecule has 4 aromatic rings. The van der Waals surface area contributed by atoms with Gasteiger partial charge in [0.2, 0.25) is 5.95 Å². The molecule has 5 heterocycles. The second kappa shape index (κ2) is 8.03. The third-order valence-electron chi connectivity index (χ3n) is 9.27. The molecule has 2 bridgehead atoms. The first-order chi connectivity index (χ1) is 18.9. The molecule has 3 aromatic heterocycles. The van der Waals surface area contributed by atoms with Crippen LogP contribution in [0.25, 0.3) is 32.2 Å². The molecule has 2 aliphatic heterocycles. The molecule has 39 heavy (non-hydrogen) atoms. The summed E-state index contributed by atoms with van der Waals surface area (Å²) in [6, 6.07) is 2.56. The predicted octanol–water partition coefficient (Wildman–Crippen LogP) is 4.78. The lowest BCUT2D eigenvalue weighted by molar-refractivity contribution is -0.0590. The molecule has 11 heteroatoms. The topological polar surface area (TPSA) is 113 Å². The van der Waals surface area contributed by atoms with Crippen LogP contribution in [0.2, 0.25) is 0 Å². The summed E-state index contributed by atoms with van der Waals surface area (Å²) in [7, 11) is 0. The molecule has 0 spiro atoms. The summed E-state index contributed by atoms with van der Waals surface area (Å²) in [6.07, 6.45) is 7.54. The van der Waals surface area contributed by atoms with Crippen LogP contribution in [0.3, 0.4) is 0 Å². The molecule has 1 saturated heterocycles. The normalized spacial score (nSPS) is 27.0. The summed E-state index contributed by atoms with van der Waals surface area (Å²) in [5.41, 5.74) is 8.38. The number of hydrogen-bond donors (Lipinski definition) is 2. The number of nitrogen functional groups attached to an aromatic ring is 1. The van der Waals surface area contributed by atoms with Crippen LogP contribution < -0.4 is 16.0 Å². The van der Waals surface area contributed by atoms with Crippen molar-refractivity contribution in [3.8, 4) is 17.3 Å². The number of nitrogens with one attached hydrogen (secondary N) is 1. The van der Waals surface area contributed by atoms with Gasteiger partial charge in [0, 0.05) is 46.7 Å². The molecule has 2 atom stereocenters. The molecule has 0 radical (unpaired) electrons. The predicted molar refractivity (Wildman–Crippen MR) is 144 cm³/mol. The molecule has 9 rings (SSSR count). The fourth-order valence-corrected chi connectivity index (χ4v) is 8.06. The van der Waals surface area contributed by atoms with Gasteiger partial charge in [-0.2, -0.15) is 5.26 Å². The van der Waals surface area contributed by atoms with Gasteiger partial charge in [0.1, 0.15) is 16.6 Å². The van der Waals surface area contributed by atoms with E-state index in [4.69, 9.17) is 15.5 Å². The number of anilines is 2. The Morgan fingerprint density at radius 1 is 1.21 bits per heavy atom. The van der Waals surface area contributed by atoms with Crippen molar-refractivity contribution in [2.75, 3.05) is 17.2 Å². The van der Waals surface area contributed by atoms with Crippen molar-refractivity contribution in [3.05, 3.63) is 40.7 Å². The number of nitrogens with zero attached hydrogens (tertiary/aromatic N) is 5. The molecular formula is C28H25F2N7OS. The van der Waals surface area contributed by atoms with Gasteiger partial charge >= 0.3 is 0 Å². The Morgan fingerprint density at radius 2 is 2.00 bits per heavy atom. The van der Waals surface area contributed by atoms with E-state index in [1.165, 1.54) is 19.3 Å². The van der Waals surface area contributed by atoms with Gasteiger partial charge in [-0.05, 0) is 49.7 Å². The van der Waals surface area contributed by atoms with Crippen molar-refractivity contribution in [1.29, 1.82) is 5.26 Å². The molecule has 4 fully saturated rings. The lowest BCUT2D eigenvalue weighted by atomic mass is 9.49. The number of nitrogens with two attached hydrogens (primary N) is 1. The third-order valence-corrected chi connectivity index (χ3v) is 10.3. The van der Waals surface area contributed by atoms with Gasteiger partial charge in [-0.3, -0.25) is 4.98 Å². The van der Waals surface area contributed by atoms with E-state index >= 15 is 4.39 Å². The number of halogens is 2. The number of thiophene rings is 1. The SMILES string of the molecule is C[C@H]1C(NC23CC(C2)C3)CCN1c1ncc2c3c(c(-c4ncc(F)c5sc(N)c(C#N)c45)c(F)c2n1)COC3. The summed E-state index contributed by atoms with van der Waals surface area (Å²) >= 11 is 0.962. The van der Waals surface area contributed by atoms with Gasteiger partial charge in [0.15, 0.2) is 11.6 Å². The van der Waals surface area contributed by atoms with Crippen LogP contribution in [0.1, 0.15) is 49.3 Å². The first-order valence-electron chi connectivity index (χ1n) is 13.3.